The maximum atomic E-state index is 10.4. The highest BCUT2D eigenvalue weighted by Gasteiger charge is 2.02. The lowest BCUT2D eigenvalue weighted by molar-refractivity contribution is -0.137. The van der Waals surface area contributed by atoms with Crippen LogP contribution >= 0.6 is 0 Å². The summed E-state index contributed by atoms with van der Waals surface area (Å²) in [6.45, 7) is 2.26. The van der Waals surface area contributed by atoms with E-state index < -0.39 is 5.97 Å². The molecule has 1 unspecified atom stereocenters. The van der Waals surface area contributed by atoms with Gasteiger partial charge in [-0.05, 0) is 19.3 Å². The number of aliphatic carboxylic acids is 1. The average Bonchev–Trinajstić information content (AvgIpc) is 2.45. The van der Waals surface area contributed by atoms with E-state index in [9.17, 15) is 4.79 Å². The van der Waals surface area contributed by atoms with Gasteiger partial charge in [-0.15, -0.1) is 0 Å². The Hall–Kier alpha value is -0.570. The number of hydrogen-bond donors (Lipinski definition) is 2. The molecule has 0 aromatic heterocycles. The first-order chi connectivity index (χ1) is 10.2. The summed E-state index contributed by atoms with van der Waals surface area (Å²) in [4.78, 5) is 10.4. The molecular weight excluding hydrogens is 262 g/mol. The third kappa shape index (κ3) is 17.4. The van der Waals surface area contributed by atoms with E-state index in [2.05, 4.69) is 6.92 Å². The van der Waals surface area contributed by atoms with E-state index in [1.807, 2.05) is 0 Å². The van der Waals surface area contributed by atoms with Crippen LogP contribution in [0, 0.1) is 0 Å². The van der Waals surface area contributed by atoms with Gasteiger partial charge in [-0.2, -0.15) is 0 Å². The monoisotopic (exact) mass is 299 g/mol. The molecule has 0 spiro atoms. The van der Waals surface area contributed by atoms with Gasteiger partial charge in [0.25, 0.3) is 0 Å². The minimum atomic E-state index is -0.674. The fourth-order valence-corrected chi connectivity index (χ4v) is 2.72. The second kappa shape index (κ2) is 15.8. The summed E-state index contributed by atoms with van der Waals surface area (Å²) in [5.74, 6) is -0.674. The lowest BCUT2D eigenvalue weighted by Gasteiger charge is -2.11. The number of carboxylic acid groups (broad SMARTS) is 1. The third-order valence-corrected chi connectivity index (χ3v) is 4.14. The van der Waals surface area contributed by atoms with Crippen LogP contribution in [0.3, 0.4) is 0 Å². The van der Waals surface area contributed by atoms with Gasteiger partial charge in [0.05, 0.1) is 0 Å². The Morgan fingerprint density at radius 1 is 0.810 bits per heavy atom. The van der Waals surface area contributed by atoms with Crippen molar-refractivity contribution in [2.24, 2.45) is 5.73 Å². The second-order valence-corrected chi connectivity index (χ2v) is 6.37. The van der Waals surface area contributed by atoms with Crippen molar-refractivity contribution in [1.29, 1.82) is 0 Å². The Kier molecular flexibility index (Phi) is 15.4. The summed E-state index contributed by atoms with van der Waals surface area (Å²) >= 11 is 0. The highest BCUT2D eigenvalue weighted by atomic mass is 16.4. The van der Waals surface area contributed by atoms with Crippen molar-refractivity contribution in [2.75, 3.05) is 0 Å². The highest BCUT2D eigenvalue weighted by Crippen LogP contribution is 2.13. The van der Waals surface area contributed by atoms with Crippen molar-refractivity contribution in [1.82, 2.24) is 0 Å². The normalized spacial score (nSPS) is 12.5. The first-order valence-electron chi connectivity index (χ1n) is 9.14. The zero-order valence-corrected chi connectivity index (χ0v) is 14.1. The summed E-state index contributed by atoms with van der Waals surface area (Å²) in [5, 5.41) is 8.54. The lowest BCUT2D eigenvalue weighted by Crippen LogP contribution is -2.19. The van der Waals surface area contributed by atoms with E-state index in [4.69, 9.17) is 10.8 Å². The van der Waals surface area contributed by atoms with E-state index in [0.717, 1.165) is 25.7 Å². The van der Waals surface area contributed by atoms with Gasteiger partial charge in [-0.1, -0.05) is 77.6 Å². The van der Waals surface area contributed by atoms with Crippen LogP contribution < -0.4 is 5.73 Å². The summed E-state index contributed by atoms with van der Waals surface area (Å²) in [7, 11) is 0. The third-order valence-electron chi connectivity index (χ3n) is 4.14. The van der Waals surface area contributed by atoms with Gasteiger partial charge < -0.3 is 10.8 Å². The molecule has 0 rings (SSSR count). The molecule has 0 aliphatic heterocycles. The first kappa shape index (κ1) is 20.4. The molecule has 126 valence electrons. The van der Waals surface area contributed by atoms with Crippen LogP contribution in [0.2, 0.25) is 0 Å². The van der Waals surface area contributed by atoms with Gasteiger partial charge in [-0.25, -0.2) is 0 Å². The molecule has 3 N–H and O–H groups in total. The van der Waals surface area contributed by atoms with Crippen molar-refractivity contribution >= 4 is 5.97 Å². The Labute approximate surface area is 131 Å². The summed E-state index contributed by atoms with van der Waals surface area (Å²) in [5.41, 5.74) is 6.14. The number of nitrogens with two attached hydrogens (primary N) is 1. The Morgan fingerprint density at radius 3 is 1.71 bits per heavy atom. The second-order valence-electron chi connectivity index (χ2n) is 6.37. The number of carboxylic acids is 1. The fourth-order valence-electron chi connectivity index (χ4n) is 2.72. The zero-order chi connectivity index (χ0) is 15.8. The van der Waals surface area contributed by atoms with Crippen LogP contribution in [0.15, 0.2) is 0 Å². The fraction of sp³-hybridized carbons (Fsp3) is 0.944. The van der Waals surface area contributed by atoms with Gasteiger partial charge in [0, 0.05) is 12.5 Å². The Bertz CT molecular complexity index is 231. The van der Waals surface area contributed by atoms with Crippen LogP contribution in [-0.2, 0) is 4.79 Å². The van der Waals surface area contributed by atoms with Gasteiger partial charge in [0.2, 0.25) is 0 Å². The quantitative estimate of drug-likeness (QED) is 0.382. The van der Waals surface area contributed by atoms with Crippen molar-refractivity contribution in [3.63, 3.8) is 0 Å². The van der Waals surface area contributed by atoms with Crippen molar-refractivity contribution < 1.29 is 9.90 Å². The van der Waals surface area contributed by atoms with E-state index in [1.54, 1.807) is 0 Å². The molecule has 0 aliphatic rings. The average molecular weight is 299 g/mol. The zero-order valence-electron chi connectivity index (χ0n) is 14.1. The molecule has 21 heavy (non-hydrogen) atoms. The molecule has 0 aromatic carbocycles. The molecule has 0 fully saturated rings. The lowest BCUT2D eigenvalue weighted by atomic mass is 10.0. The van der Waals surface area contributed by atoms with Gasteiger partial charge in [0.15, 0.2) is 0 Å². The molecule has 1 atom stereocenters. The van der Waals surface area contributed by atoms with Gasteiger partial charge >= 0.3 is 5.97 Å². The number of unbranched alkanes of at least 4 members (excludes halogenated alkanes) is 10. The standard InChI is InChI=1S/C18H37NO2/c1-2-3-4-5-6-8-11-14-17(19)15-12-9-7-10-13-16-18(20)21/h17H,2-16,19H2,1H3,(H,20,21). The van der Waals surface area contributed by atoms with Crippen LogP contribution in [0.1, 0.15) is 103 Å². The maximum Gasteiger partial charge on any atom is 0.303 e. The van der Waals surface area contributed by atoms with Crippen LogP contribution in [0.4, 0.5) is 0 Å². The van der Waals surface area contributed by atoms with Gasteiger partial charge in [0.1, 0.15) is 0 Å². The van der Waals surface area contributed by atoms with Crippen molar-refractivity contribution in [3.8, 4) is 0 Å². The van der Waals surface area contributed by atoms with Crippen LogP contribution in [-0.4, -0.2) is 17.1 Å². The molecule has 0 heterocycles. The minimum Gasteiger partial charge on any atom is -0.481 e. The SMILES string of the molecule is CCCCCCCCCC(N)CCCCCCCC(=O)O. The first-order valence-corrected chi connectivity index (χ1v) is 9.14. The largest absolute Gasteiger partial charge is 0.481 e. The molecule has 0 bridgehead atoms. The van der Waals surface area contributed by atoms with Crippen molar-refractivity contribution in [2.45, 2.75) is 109 Å². The summed E-state index contributed by atoms with van der Waals surface area (Å²) in [6, 6.07) is 0.375. The number of rotatable bonds is 16. The Morgan fingerprint density at radius 2 is 1.24 bits per heavy atom. The molecule has 3 heteroatoms. The van der Waals surface area contributed by atoms with Crippen LogP contribution in [0.5, 0.6) is 0 Å². The van der Waals surface area contributed by atoms with E-state index in [-0.39, 0.29) is 0 Å². The van der Waals surface area contributed by atoms with Crippen LogP contribution in [0.25, 0.3) is 0 Å². The predicted octanol–water partition coefficient (Wildman–Crippen LogP) is 5.27. The van der Waals surface area contributed by atoms with Crippen molar-refractivity contribution in [3.05, 3.63) is 0 Å². The van der Waals surface area contributed by atoms with Gasteiger partial charge in [-0.3, -0.25) is 4.79 Å². The predicted molar refractivity (Wildman–Crippen MR) is 90.5 cm³/mol. The van der Waals surface area contributed by atoms with E-state index >= 15 is 0 Å². The smallest absolute Gasteiger partial charge is 0.303 e. The molecule has 3 nitrogen and oxygen atoms in total. The minimum absolute atomic E-state index is 0.317. The van der Waals surface area contributed by atoms with E-state index in [1.165, 1.54) is 64.2 Å². The molecule has 0 saturated heterocycles. The molecule has 0 amide bonds. The number of hydrogen-bond acceptors (Lipinski definition) is 2. The molecule has 0 radical (unpaired) electrons. The van der Waals surface area contributed by atoms with E-state index in [0.29, 0.717) is 12.5 Å². The molecular formula is C18H37NO2. The Balaban J connectivity index is 3.16. The summed E-state index contributed by atoms with van der Waals surface area (Å²) < 4.78 is 0. The maximum absolute atomic E-state index is 10.4. The molecule has 0 saturated carbocycles. The summed E-state index contributed by atoms with van der Waals surface area (Å²) in [6.07, 6.45) is 17.5. The molecule has 0 aromatic rings. The number of carbonyl (C=O) groups is 1. The molecule has 0 aliphatic carbocycles. The topological polar surface area (TPSA) is 63.3 Å². The highest BCUT2D eigenvalue weighted by molar-refractivity contribution is 5.66.